The van der Waals surface area contributed by atoms with Crippen molar-refractivity contribution in [3.8, 4) is 0 Å². The fraction of sp³-hybridized carbons (Fsp3) is 0.765. The van der Waals surface area contributed by atoms with E-state index in [9.17, 15) is 0 Å². The molecule has 0 radical (unpaired) electrons. The van der Waals surface area contributed by atoms with Crippen LogP contribution in [-0.4, -0.2) is 0 Å². The van der Waals surface area contributed by atoms with Gasteiger partial charge < -0.3 is 5.73 Å². The minimum Gasteiger partial charge on any atom is -0.323 e. The lowest BCUT2D eigenvalue weighted by atomic mass is 9.39. The van der Waals surface area contributed by atoms with Gasteiger partial charge in [-0.2, -0.15) is 0 Å². The summed E-state index contributed by atoms with van der Waals surface area (Å²) in [4.78, 5) is 1.37. The highest BCUT2D eigenvalue weighted by Gasteiger charge is 2.62. The topological polar surface area (TPSA) is 26.0 Å². The van der Waals surface area contributed by atoms with Crippen LogP contribution < -0.4 is 5.73 Å². The Morgan fingerprint density at radius 3 is 2.35 bits per heavy atom. The minimum absolute atomic E-state index is 0.221. The number of rotatable bonds is 2. The zero-order valence-electron chi connectivity index (χ0n) is 12.4. The molecule has 4 aliphatic carbocycles. The number of nitrogens with two attached hydrogens (primary N) is 1. The van der Waals surface area contributed by atoms with E-state index in [4.69, 9.17) is 5.73 Å². The van der Waals surface area contributed by atoms with Gasteiger partial charge in [-0.25, -0.2) is 0 Å². The molecule has 0 aromatic carbocycles. The summed E-state index contributed by atoms with van der Waals surface area (Å²) in [6.07, 6.45) is 8.38. The standard InChI is InChI=1S/C17H24BrNS/c1-15-5-11-6-16(2,8-15)10-17(7-11,9-15)14(19)13-12(18)3-4-20-13/h3-4,11,14H,5-10,19H2,1-2H3. The molecule has 0 aliphatic heterocycles. The smallest absolute Gasteiger partial charge is 0.0458 e. The molecule has 1 heterocycles. The Kier molecular flexibility index (Phi) is 2.83. The first kappa shape index (κ1) is 13.8. The van der Waals surface area contributed by atoms with Crippen molar-refractivity contribution in [2.24, 2.45) is 27.9 Å². The molecule has 20 heavy (non-hydrogen) atoms. The lowest BCUT2D eigenvalue weighted by molar-refractivity contribution is -0.154. The zero-order chi connectivity index (χ0) is 14.2. The number of thiophene rings is 1. The van der Waals surface area contributed by atoms with Gasteiger partial charge in [0.1, 0.15) is 0 Å². The molecule has 4 aliphatic rings. The van der Waals surface area contributed by atoms with Crippen LogP contribution in [-0.2, 0) is 0 Å². The van der Waals surface area contributed by atoms with E-state index in [1.165, 1.54) is 47.9 Å². The first-order valence-electron chi connectivity index (χ1n) is 7.82. The van der Waals surface area contributed by atoms with Crippen LogP contribution >= 0.6 is 27.3 Å². The maximum atomic E-state index is 6.84. The summed E-state index contributed by atoms with van der Waals surface area (Å²) in [7, 11) is 0. The fourth-order valence-corrected chi connectivity index (χ4v) is 8.45. The lowest BCUT2D eigenvalue weighted by Gasteiger charge is -2.66. The van der Waals surface area contributed by atoms with Crippen molar-refractivity contribution in [1.29, 1.82) is 0 Å². The van der Waals surface area contributed by atoms with E-state index in [0.29, 0.717) is 16.2 Å². The summed E-state index contributed by atoms with van der Waals surface area (Å²) in [6, 6.07) is 2.38. The average Bonchev–Trinajstić information content (AvgIpc) is 2.69. The Balaban J connectivity index is 1.75. The number of hydrogen-bond acceptors (Lipinski definition) is 2. The van der Waals surface area contributed by atoms with Crippen LogP contribution in [0.4, 0.5) is 0 Å². The third-order valence-electron chi connectivity index (χ3n) is 6.26. The summed E-state index contributed by atoms with van der Waals surface area (Å²) >= 11 is 5.54. The van der Waals surface area contributed by atoms with Crippen LogP contribution in [0.3, 0.4) is 0 Å². The third-order valence-corrected chi connectivity index (χ3v) is 8.21. The maximum absolute atomic E-state index is 6.84. The molecule has 3 unspecified atom stereocenters. The first-order chi connectivity index (χ1) is 9.33. The molecule has 4 fully saturated rings. The van der Waals surface area contributed by atoms with E-state index in [2.05, 4.69) is 41.2 Å². The molecule has 1 aromatic rings. The first-order valence-corrected chi connectivity index (χ1v) is 9.49. The largest absolute Gasteiger partial charge is 0.323 e. The second-order valence-corrected chi connectivity index (χ2v) is 10.4. The van der Waals surface area contributed by atoms with Gasteiger partial charge in [-0.3, -0.25) is 0 Å². The fourth-order valence-electron chi connectivity index (χ4n) is 6.69. The Labute approximate surface area is 134 Å². The van der Waals surface area contributed by atoms with E-state index < -0.39 is 0 Å². The second-order valence-electron chi connectivity index (χ2n) is 8.60. The summed E-state index contributed by atoms with van der Waals surface area (Å²) in [5.74, 6) is 0.922. The quantitative estimate of drug-likeness (QED) is 0.745. The van der Waals surface area contributed by atoms with Crippen LogP contribution in [0, 0.1) is 22.2 Å². The molecule has 4 saturated carbocycles. The van der Waals surface area contributed by atoms with Gasteiger partial charge in [-0.15, -0.1) is 11.3 Å². The van der Waals surface area contributed by atoms with Crippen LogP contribution in [0.5, 0.6) is 0 Å². The average molecular weight is 354 g/mol. The third kappa shape index (κ3) is 1.89. The highest BCUT2D eigenvalue weighted by molar-refractivity contribution is 9.10. The molecule has 0 amide bonds. The predicted octanol–water partition coefficient (Wildman–Crippen LogP) is 5.51. The van der Waals surface area contributed by atoms with Crippen molar-refractivity contribution in [2.45, 2.75) is 58.4 Å². The summed E-state index contributed by atoms with van der Waals surface area (Å²) in [5, 5.41) is 2.17. The van der Waals surface area contributed by atoms with E-state index in [1.807, 2.05) is 11.3 Å². The molecule has 1 nitrogen and oxygen atoms in total. The molecule has 0 spiro atoms. The predicted molar refractivity (Wildman–Crippen MR) is 88.8 cm³/mol. The Hall–Kier alpha value is 0.140. The van der Waals surface area contributed by atoms with Crippen molar-refractivity contribution in [1.82, 2.24) is 0 Å². The van der Waals surface area contributed by atoms with Gasteiger partial charge in [0, 0.05) is 15.4 Å². The van der Waals surface area contributed by atoms with Crippen LogP contribution in [0.15, 0.2) is 15.9 Å². The van der Waals surface area contributed by atoms with Gasteiger partial charge in [0.25, 0.3) is 0 Å². The number of hydrogen-bond donors (Lipinski definition) is 1. The second kappa shape index (κ2) is 4.11. The molecular weight excluding hydrogens is 330 g/mol. The van der Waals surface area contributed by atoms with E-state index in [1.54, 1.807) is 0 Å². The molecule has 1 aromatic heterocycles. The SMILES string of the molecule is CC12CC3CC(C)(C1)CC(C(N)c1sccc1Br)(C3)C2. The van der Waals surface area contributed by atoms with E-state index in [-0.39, 0.29) is 6.04 Å². The minimum atomic E-state index is 0.221. The van der Waals surface area contributed by atoms with Crippen LogP contribution in [0.25, 0.3) is 0 Å². The highest BCUT2D eigenvalue weighted by atomic mass is 79.9. The van der Waals surface area contributed by atoms with Gasteiger partial charge in [0.05, 0.1) is 0 Å². The molecule has 110 valence electrons. The van der Waals surface area contributed by atoms with E-state index in [0.717, 1.165) is 5.92 Å². The van der Waals surface area contributed by atoms with Gasteiger partial charge in [0.15, 0.2) is 0 Å². The lowest BCUT2D eigenvalue weighted by Crippen LogP contribution is -2.58. The molecule has 0 saturated heterocycles. The van der Waals surface area contributed by atoms with Gasteiger partial charge >= 0.3 is 0 Å². The van der Waals surface area contributed by atoms with E-state index >= 15 is 0 Å². The summed E-state index contributed by atoms with van der Waals surface area (Å²) in [6.45, 7) is 5.06. The zero-order valence-corrected chi connectivity index (χ0v) is 14.8. The maximum Gasteiger partial charge on any atom is 0.0458 e. The monoisotopic (exact) mass is 353 g/mol. The van der Waals surface area contributed by atoms with Gasteiger partial charge in [-0.05, 0) is 88.1 Å². The van der Waals surface area contributed by atoms with Gasteiger partial charge in [0.2, 0.25) is 0 Å². The molecule has 4 bridgehead atoms. The Bertz CT molecular complexity index is 533. The summed E-state index contributed by atoms with van der Waals surface area (Å²) < 4.78 is 1.22. The van der Waals surface area contributed by atoms with Crippen molar-refractivity contribution in [3.63, 3.8) is 0 Å². The van der Waals surface area contributed by atoms with Crippen molar-refractivity contribution >= 4 is 27.3 Å². The Morgan fingerprint density at radius 2 is 1.85 bits per heavy atom. The highest BCUT2D eigenvalue weighted by Crippen LogP contribution is 2.72. The molecule has 3 atom stereocenters. The molecule has 5 rings (SSSR count). The molecule has 2 N–H and O–H groups in total. The van der Waals surface area contributed by atoms with Crippen molar-refractivity contribution < 1.29 is 0 Å². The van der Waals surface area contributed by atoms with Gasteiger partial charge in [-0.1, -0.05) is 13.8 Å². The van der Waals surface area contributed by atoms with Crippen molar-refractivity contribution in [3.05, 3.63) is 20.8 Å². The normalized spacial score (nSPS) is 47.7. The molecule has 3 heteroatoms. The van der Waals surface area contributed by atoms with Crippen LogP contribution in [0.1, 0.15) is 63.3 Å². The number of halogens is 1. The van der Waals surface area contributed by atoms with Crippen molar-refractivity contribution in [2.75, 3.05) is 0 Å². The molecular formula is C17H24BrNS. The summed E-state index contributed by atoms with van der Waals surface area (Å²) in [5.41, 5.74) is 8.30. The van der Waals surface area contributed by atoms with Crippen LogP contribution in [0.2, 0.25) is 0 Å². The Morgan fingerprint density at radius 1 is 1.20 bits per heavy atom.